The summed E-state index contributed by atoms with van der Waals surface area (Å²) in [6.07, 6.45) is 2.04. The number of nitrogens with zero attached hydrogens (tertiary/aromatic N) is 2. The van der Waals surface area contributed by atoms with E-state index >= 15 is 0 Å². The minimum atomic E-state index is -1.23. The van der Waals surface area contributed by atoms with E-state index in [1.165, 1.54) is 22.0 Å². The molecule has 1 unspecified atom stereocenters. The van der Waals surface area contributed by atoms with Crippen LogP contribution in [0, 0.1) is 5.82 Å². The molecule has 0 bridgehead atoms. The molecule has 1 N–H and O–H groups in total. The molecule has 1 atom stereocenters. The van der Waals surface area contributed by atoms with Crippen molar-refractivity contribution in [3.05, 3.63) is 131 Å². The second-order valence-corrected chi connectivity index (χ2v) is 11.0. The number of benzene rings is 3. The Morgan fingerprint density at radius 1 is 1.15 bits per heavy atom. The average Bonchev–Trinajstić information content (AvgIpc) is 3.23. The van der Waals surface area contributed by atoms with Gasteiger partial charge in [-0.25, -0.2) is 14.2 Å². The third-order valence-corrected chi connectivity index (χ3v) is 8.27. The zero-order chi connectivity index (χ0) is 27.7. The molecule has 3 aromatic carbocycles. The SMILES string of the molecule is CCC1(c2ccccc2)C(C(=O)O)=C(C)N=c2sc(=Cc3cc(Br)ccc3OCc3ccccc3F)c(=O)n21. The van der Waals surface area contributed by atoms with E-state index in [2.05, 4.69) is 20.9 Å². The number of hydrogen-bond donors (Lipinski definition) is 1. The molecule has 0 fully saturated rings. The third kappa shape index (κ3) is 4.77. The number of ether oxygens (including phenoxy) is 1. The van der Waals surface area contributed by atoms with Crippen molar-refractivity contribution in [3.63, 3.8) is 0 Å². The van der Waals surface area contributed by atoms with Crippen LogP contribution < -0.4 is 19.6 Å². The van der Waals surface area contributed by atoms with E-state index in [1.807, 2.05) is 43.3 Å². The molecule has 2 heterocycles. The van der Waals surface area contributed by atoms with Crippen molar-refractivity contribution in [2.75, 3.05) is 0 Å². The first-order valence-electron chi connectivity index (χ1n) is 12.2. The lowest BCUT2D eigenvalue weighted by atomic mass is 9.78. The van der Waals surface area contributed by atoms with Gasteiger partial charge in [0.2, 0.25) is 0 Å². The van der Waals surface area contributed by atoms with Gasteiger partial charge in [-0.1, -0.05) is 82.7 Å². The standard InChI is InChI=1S/C30H24BrFN2O4S/c1-3-30(21-10-5-4-6-11-21)26(28(36)37)18(2)33-29-34(30)27(35)25(39-29)16-20-15-22(31)13-14-24(20)38-17-19-9-7-8-12-23(19)32/h4-16H,3,17H2,1-2H3,(H,36,37). The summed E-state index contributed by atoms with van der Waals surface area (Å²) in [5, 5.41) is 10.2. The quantitative estimate of drug-likeness (QED) is 0.307. The molecular weight excluding hydrogens is 583 g/mol. The van der Waals surface area contributed by atoms with Crippen molar-refractivity contribution >= 4 is 39.3 Å². The van der Waals surface area contributed by atoms with Gasteiger partial charge in [-0.2, -0.15) is 0 Å². The maximum absolute atomic E-state index is 14.2. The molecule has 198 valence electrons. The van der Waals surface area contributed by atoms with Gasteiger partial charge in [0.25, 0.3) is 5.56 Å². The highest BCUT2D eigenvalue weighted by Crippen LogP contribution is 2.39. The Kier molecular flexibility index (Phi) is 7.38. The minimum absolute atomic E-state index is 0.0163. The lowest BCUT2D eigenvalue weighted by molar-refractivity contribution is -0.133. The van der Waals surface area contributed by atoms with Crippen LogP contribution in [0.2, 0.25) is 0 Å². The predicted molar refractivity (Wildman–Crippen MR) is 152 cm³/mol. The van der Waals surface area contributed by atoms with Crippen LogP contribution in [0.4, 0.5) is 4.39 Å². The normalized spacial score (nSPS) is 17.1. The van der Waals surface area contributed by atoms with Gasteiger partial charge in [0.1, 0.15) is 23.7 Å². The number of carboxylic acids is 1. The van der Waals surface area contributed by atoms with Gasteiger partial charge >= 0.3 is 5.97 Å². The lowest BCUT2D eigenvalue weighted by Crippen LogP contribution is -2.52. The van der Waals surface area contributed by atoms with E-state index in [9.17, 15) is 19.1 Å². The molecule has 6 nitrogen and oxygen atoms in total. The molecule has 1 aromatic heterocycles. The van der Waals surface area contributed by atoms with Gasteiger partial charge in [-0.05, 0) is 49.2 Å². The van der Waals surface area contributed by atoms with Crippen LogP contribution in [0.5, 0.6) is 5.75 Å². The number of halogens is 2. The lowest BCUT2D eigenvalue weighted by Gasteiger charge is -2.37. The highest BCUT2D eigenvalue weighted by atomic mass is 79.9. The van der Waals surface area contributed by atoms with Gasteiger partial charge in [0.05, 0.1) is 15.8 Å². The summed E-state index contributed by atoms with van der Waals surface area (Å²) < 4.78 is 22.8. The maximum atomic E-state index is 14.2. The Morgan fingerprint density at radius 2 is 1.87 bits per heavy atom. The topological polar surface area (TPSA) is 80.9 Å². The minimum Gasteiger partial charge on any atom is -0.488 e. The van der Waals surface area contributed by atoms with Gasteiger partial charge < -0.3 is 9.84 Å². The van der Waals surface area contributed by atoms with Crippen molar-refractivity contribution in [1.29, 1.82) is 0 Å². The number of rotatable bonds is 7. The number of thiazole rings is 1. The van der Waals surface area contributed by atoms with E-state index in [4.69, 9.17) is 4.74 Å². The second kappa shape index (κ2) is 10.7. The van der Waals surface area contributed by atoms with Gasteiger partial charge in [0.15, 0.2) is 4.80 Å². The van der Waals surface area contributed by atoms with E-state index in [1.54, 1.807) is 43.3 Å². The van der Waals surface area contributed by atoms with Crippen LogP contribution >= 0.6 is 27.3 Å². The third-order valence-electron chi connectivity index (χ3n) is 6.80. The van der Waals surface area contributed by atoms with Crippen molar-refractivity contribution in [2.24, 2.45) is 4.99 Å². The molecule has 0 saturated heterocycles. The summed E-state index contributed by atoms with van der Waals surface area (Å²) in [5.74, 6) is -1.01. The molecule has 0 saturated carbocycles. The van der Waals surface area contributed by atoms with Gasteiger partial charge in [-0.15, -0.1) is 0 Å². The summed E-state index contributed by atoms with van der Waals surface area (Å²) >= 11 is 4.67. The summed E-state index contributed by atoms with van der Waals surface area (Å²) in [7, 11) is 0. The number of carboxylic acid groups (broad SMARTS) is 1. The molecule has 1 aliphatic heterocycles. The smallest absolute Gasteiger partial charge is 0.336 e. The van der Waals surface area contributed by atoms with Crippen molar-refractivity contribution in [3.8, 4) is 5.75 Å². The molecule has 39 heavy (non-hydrogen) atoms. The van der Waals surface area contributed by atoms with E-state index in [0.29, 0.717) is 43.9 Å². The number of hydrogen-bond acceptors (Lipinski definition) is 5. The molecule has 0 radical (unpaired) electrons. The highest BCUT2D eigenvalue weighted by molar-refractivity contribution is 9.10. The summed E-state index contributed by atoms with van der Waals surface area (Å²) in [4.78, 5) is 31.5. The predicted octanol–water partition coefficient (Wildman–Crippen LogP) is 5.36. The first-order chi connectivity index (χ1) is 18.8. The van der Waals surface area contributed by atoms with Crippen LogP contribution in [-0.2, 0) is 16.9 Å². The van der Waals surface area contributed by atoms with Crippen LogP contribution in [-0.4, -0.2) is 15.6 Å². The zero-order valence-electron chi connectivity index (χ0n) is 21.2. The number of carbonyl (C=O) groups is 1. The Balaban J connectivity index is 1.69. The van der Waals surface area contributed by atoms with Crippen LogP contribution in [0.1, 0.15) is 37.0 Å². The largest absolute Gasteiger partial charge is 0.488 e. The Labute approximate surface area is 236 Å². The summed E-state index contributed by atoms with van der Waals surface area (Å²) in [6.45, 7) is 3.55. The first-order valence-corrected chi connectivity index (χ1v) is 13.9. The van der Waals surface area contributed by atoms with Gasteiger partial charge in [0, 0.05) is 15.6 Å². The molecular formula is C30H24BrFN2O4S. The van der Waals surface area contributed by atoms with Crippen LogP contribution in [0.25, 0.3) is 6.08 Å². The molecule has 0 amide bonds. The molecule has 0 aliphatic carbocycles. The molecule has 1 aliphatic rings. The number of aromatic nitrogens is 1. The Bertz CT molecular complexity index is 1800. The fourth-order valence-corrected chi connectivity index (χ4v) is 6.48. The van der Waals surface area contributed by atoms with Crippen molar-refractivity contribution in [2.45, 2.75) is 32.4 Å². The van der Waals surface area contributed by atoms with Crippen molar-refractivity contribution in [1.82, 2.24) is 4.57 Å². The second-order valence-electron chi connectivity index (χ2n) is 9.05. The van der Waals surface area contributed by atoms with Gasteiger partial charge in [-0.3, -0.25) is 9.36 Å². The molecule has 0 spiro atoms. The zero-order valence-corrected chi connectivity index (χ0v) is 23.6. The van der Waals surface area contributed by atoms with E-state index < -0.39 is 11.5 Å². The summed E-state index contributed by atoms with van der Waals surface area (Å²) in [6, 6.07) is 21.0. The number of fused-ring (bicyclic) bond motifs is 1. The van der Waals surface area contributed by atoms with Crippen molar-refractivity contribution < 1.29 is 19.0 Å². The van der Waals surface area contributed by atoms with Crippen LogP contribution in [0.15, 0.2) is 98.3 Å². The Morgan fingerprint density at radius 3 is 2.56 bits per heavy atom. The van der Waals surface area contributed by atoms with E-state index in [-0.39, 0.29) is 23.6 Å². The monoisotopic (exact) mass is 606 g/mol. The van der Waals surface area contributed by atoms with Crippen LogP contribution in [0.3, 0.4) is 0 Å². The molecule has 5 rings (SSSR count). The average molecular weight is 608 g/mol. The first kappa shape index (κ1) is 26.8. The fourth-order valence-electron chi connectivity index (χ4n) is 5.03. The maximum Gasteiger partial charge on any atom is 0.336 e. The molecule has 9 heteroatoms. The summed E-state index contributed by atoms with van der Waals surface area (Å²) in [5.41, 5.74) is 0.579. The van der Waals surface area contributed by atoms with E-state index in [0.717, 1.165) is 4.47 Å². The molecule has 4 aromatic rings. The highest BCUT2D eigenvalue weighted by Gasteiger charge is 2.45. The fraction of sp³-hybridized carbons (Fsp3) is 0.167. The Hall–Kier alpha value is -3.82. The number of allylic oxidation sites excluding steroid dienone is 1. The number of aliphatic carboxylic acids is 1.